The Morgan fingerprint density at radius 2 is 0.604 bits per heavy atom. The molecule has 0 aliphatic carbocycles. The molecule has 0 heteroatoms. The summed E-state index contributed by atoms with van der Waals surface area (Å²) >= 11 is 0. The molecule has 9 aromatic rings. The van der Waals surface area contributed by atoms with E-state index in [4.69, 9.17) is 0 Å². The van der Waals surface area contributed by atoms with Crippen LogP contribution >= 0.6 is 0 Å². The molecular weight excluding hydrogens is 577 g/mol. The smallest absolute Gasteiger partial charge is 0.00261 e. The third-order valence-electron chi connectivity index (χ3n) is 9.68. The summed E-state index contributed by atoms with van der Waals surface area (Å²) in [5, 5.41) is 7.59. The maximum Gasteiger partial charge on any atom is -0.00261 e. The van der Waals surface area contributed by atoms with E-state index in [1.807, 2.05) is 0 Å². The summed E-state index contributed by atoms with van der Waals surface area (Å²) in [5.41, 5.74) is 12.5. The van der Waals surface area contributed by atoms with Crippen molar-refractivity contribution in [2.75, 3.05) is 0 Å². The van der Waals surface area contributed by atoms with Crippen molar-refractivity contribution in [2.24, 2.45) is 0 Å². The van der Waals surface area contributed by atoms with Crippen LogP contribution < -0.4 is 0 Å². The van der Waals surface area contributed by atoms with Gasteiger partial charge in [-0.05, 0) is 94.0 Å². The van der Waals surface area contributed by atoms with Crippen LogP contribution in [0.1, 0.15) is 0 Å². The van der Waals surface area contributed by atoms with E-state index in [0.717, 1.165) is 0 Å². The van der Waals surface area contributed by atoms with E-state index in [-0.39, 0.29) is 0 Å². The summed E-state index contributed by atoms with van der Waals surface area (Å²) in [7, 11) is 0. The highest BCUT2D eigenvalue weighted by molar-refractivity contribution is 6.22. The van der Waals surface area contributed by atoms with Crippen molar-refractivity contribution in [3.05, 3.63) is 194 Å². The fourth-order valence-corrected chi connectivity index (χ4v) is 7.47. The maximum atomic E-state index is 2.40. The van der Waals surface area contributed by atoms with Crippen molar-refractivity contribution >= 4 is 32.3 Å². The monoisotopic (exact) mass is 608 g/mol. The first-order chi connectivity index (χ1) is 23.8. The molecule has 0 saturated carbocycles. The molecule has 0 nitrogen and oxygen atoms in total. The summed E-state index contributed by atoms with van der Waals surface area (Å²) in [6, 6.07) is 70.6. The molecule has 48 heavy (non-hydrogen) atoms. The van der Waals surface area contributed by atoms with Crippen molar-refractivity contribution in [3.63, 3.8) is 0 Å². The first-order valence-corrected chi connectivity index (χ1v) is 16.6. The van der Waals surface area contributed by atoms with E-state index >= 15 is 0 Å². The minimum absolute atomic E-state index is 1.22. The third-order valence-corrected chi connectivity index (χ3v) is 9.68. The molecule has 0 radical (unpaired) electrons. The minimum atomic E-state index is 1.22. The van der Waals surface area contributed by atoms with Crippen LogP contribution in [0.15, 0.2) is 194 Å². The van der Waals surface area contributed by atoms with Gasteiger partial charge in [0.2, 0.25) is 0 Å². The second kappa shape index (κ2) is 11.8. The normalized spacial score (nSPS) is 11.3. The lowest BCUT2D eigenvalue weighted by Gasteiger charge is -2.18. The van der Waals surface area contributed by atoms with Gasteiger partial charge in [0.1, 0.15) is 0 Å². The van der Waals surface area contributed by atoms with Gasteiger partial charge in [-0.2, -0.15) is 0 Å². The quantitative estimate of drug-likeness (QED) is 0.171. The molecule has 0 aliphatic rings. The molecule has 0 N–H and O–H groups in total. The molecule has 9 aromatic carbocycles. The van der Waals surface area contributed by atoms with Gasteiger partial charge in [-0.25, -0.2) is 0 Å². The molecule has 0 atom stereocenters. The van der Waals surface area contributed by atoms with E-state index in [2.05, 4.69) is 194 Å². The Hall–Kier alpha value is -6.24. The average Bonchev–Trinajstić information content (AvgIpc) is 3.17. The highest BCUT2D eigenvalue weighted by Crippen LogP contribution is 2.44. The van der Waals surface area contributed by atoms with Crippen LogP contribution in [0.4, 0.5) is 0 Å². The minimum Gasteiger partial charge on any atom is -0.0622 e. The van der Waals surface area contributed by atoms with Crippen molar-refractivity contribution in [1.29, 1.82) is 0 Å². The molecule has 0 saturated heterocycles. The SMILES string of the molecule is c1ccc(-c2ccccc2-c2ccc(-c3cccc4ccc(-c5c6ccccc6c(-c6ccccc6)c6ccccc56)cc34)cc2)cc1. The summed E-state index contributed by atoms with van der Waals surface area (Å²) < 4.78 is 0. The van der Waals surface area contributed by atoms with Crippen molar-refractivity contribution in [3.8, 4) is 55.6 Å². The summed E-state index contributed by atoms with van der Waals surface area (Å²) in [6.45, 7) is 0. The van der Waals surface area contributed by atoms with Gasteiger partial charge in [0.05, 0.1) is 0 Å². The lowest BCUT2D eigenvalue weighted by molar-refractivity contribution is 1.57. The van der Waals surface area contributed by atoms with Crippen LogP contribution in [0, 0.1) is 0 Å². The molecule has 0 unspecified atom stereocenters. The van der Waals surface area contributed by atoms with Crippen LogP contribution in [-0.2, 0) is 0 Å². The van der Waals surface area contributed by atoms with Crippen LogP contribution in [0.2, 0.25) is 0 Å². The maximum absolute atomic E-state index is 2.40. The molecule has 224 valence electrons. The Labute approximate surface area is 281 Å². The summed E-state index contributed by atoms with van der Waals surface area (Å²) in [4.78, 5) is 0. The standard InChI is InChI=1S/C48H32/c1-3-14-33(15-4-1)39-19-7-8-20-40(39)35-26-28-36(29-27-35)41-25-13-18-34-30-31-38(32-46(34)41)48-44-23-11-9-21-42(44)47(37-16-5-2-6-17-37)43-22-10-12-24-45(43)48/h1-32H. The number of fused-ring (bicyclic) bond motifs is 3. The number of hydrogen-bond donors (Lipinski definition) is 0. The molecule has 0 aliphatic heterocycles. The van der Waals surface area contributed by atoms with E-state index < -0.39 is 0 Å². The van der Waals surface area contributed by atoms with Gasteiger partial charge in [-0.15, -0.1) is 0 Å². The Balaban J connectivity index is 1.20. The van der Waals surface area contributed by atoms with Crippen LogP contribution in [0.3, 0.4) is 0 Å². The fraction of sp³-hybridized carbons (Fsp3) is 0. The van der Waals surface area contributed by atoms with Gasteiger partial charge in [0.15, 0.2) is 0 Å². The molecule has 0 aromatic heterocycles. The number of rotatable bonds is 5. The Bertz CT molecular complexity index is 2520. The highest BCUT2D eigenvalue weighted by atomic mass is 14.2. The molecule has 0 amide bonds. The van der Waals surface area contributed by atoms with Gasteiger partial charge in [0.25, 0.3) is 0 Å². The Kier molecular flexibility index (Phi) is 6.91. The third kappa shape index (κ3) is 4.78. The predicted octanol–water partition coefficient (Wildman–Crippen LogP) is 13.5. The molecular formula is C48H32. The second-order valence-corrected chi connectivity index (χ2v) is 12.4. The van der Waals surface area contributed by atoms with E-state index in [9.17, 15) is 0 Å². The number of benzene rings is 9. The van der Waals surface area contributed by atoms with Crippen molar-refractivity contribution in [2.45, 2.75) is 0 Å². The molecule has 0 fully saturated rings. The molecule has 0 spiro atoms. The Morgan fingerprint density at radius 1 is 0.208 bits per heavy atom. The second-order valence-electron chi connectivity index (χ2n) is 12.4. The summed E-state index contributed by atoms with van der Waals surface area (Å²) in [6.07, 6.45) is 0. The van der Waals surface area contributed by atoms with E-state index in [1.165, 1.54) is 88.0 Å². The average molecular weight is 609 g/mol. The first kappa shape index (κ1) is 28.0. The molecule has 0 heterocycles. The van der Waals surface area contributed by atoms with Crippen molar-refractivity contribution in [1.82, 2.24) is 0 Å². The van der Waals surface area contributed by atoms with E-state index in [1.54, 1.807) is 0 Å². The zero-order valence-electron chi connectivity index (χ0n) is 26.5. The zero-order chi connectivity index (χ0) is 31.9. The van der Waals surface area contributed by atoms with Gasteiger partial charge >= 0.3 is 0 Å². The summed E-state index contributed by atoms with van der Waals surface area (Å²) in [5.74, 6) is 0. The largest absolute Gasteiger partial charge is 0.0622 e. The van der Waals surface area contributed by atoms with E-state index in [0.29, 0.717) is 0 Å². The van der Waals surface area contributed by atoms with Gasteiger partial charge in [-0.3, -0.25) is 0 Å². The van der Waals surface area contributed by atoms with Gasteiger partial charge < -0.3 is 0 Å². The molecule has 9 rings (SSSR count). The predicted molar refractivity (Wildman–Crippen MR) is 206 cm³/mol. The van der Waals surface area contributed by atoms with Gasteiger partial charge in [0, 0.05) is 0 Å². The van der Waals surface area contributed by atoms with Crippen LogP contribution in [0.5, 0.6) is 0 Å². The lowest BCUT2D eigenvalue weighted by Crippen LogP contribution is -1.91. The van der Waals surface area contributed by atoms with Crippen molar-refractivity contribution < 1.29 is 0 Å². The fourth-order valence-electron chi connectivity index (χ4n) is 7.47. The molecule has 0 bridgehead atoms. The zero-order valence-corrected chi connectivity index (χ0v) is 26.5. The number of hydrogen-bond acceptors (Lipinski definition) is 0. The topological polar surface area (TPSA) is 0 Å². The Morgan fingerprint density at radius 3 is 1.17 bits per heavy atom. The van der Waals surface area contributed by atoms with Gasteiger partial charge in [-0.1, -0.05) is 188 Å². The lowest BCUT2D eigenvalue weighted by atomic mass is 9.85. The van der Waals surface area contributed by atoms with Crippen LogP contribution in [0.25, 0.3) is 88.0 Å². The van der Waals surface area contributed by atoms with Crippen LogP contribution in [-0.4, -0.2) is 0 Å². The first-order valence-electron chi connectivity index (χ1n) is 16.6. The highest BCUT2D eigenvalue weighted by Gasteiger charge is 2.17.